The van der Waals surface area contributed by atoms with Crippen molar-refractivity contribution in [3.05, 3.63) is 22.6 Å². The van der Waals surface area contributed by atoms with Crippen molar-refractivity contribution >= 4 is 48.9 Å². The van der Waals surface area contributed by atoms with Crippen LogP contribution < -0.4 is 5.73 Å². The van der Waals surface area contributed by atoms with E-state index in [0.717, 1.165) is 7.42 Å². The van der Waals surface area contributed by atoms with Gasteiger partial charge in [-0.15, -0.1) is 0 Å². The molecule has 0 saturated heterocycles. The number of aliphatic imine (C=N–C) groups is 1. The molecule has 0 radical (unpaired) electrons. The maximum absolute atomic E-state index is 5.16. The van der Waals surface area contributed by atoms with E-state index in [1.165, 1.54) is 6.20 Å². The molecule has 0 heterocycles. The zero-order valence-electron chi connectivity index (χ0n) is 4.64. The number of nitrogens with zero attached hydrogens (tertiary/aromatic N) is 1. The van der Waals surface area contributed by atoms with Gasteiger partial charge in [-0.3, -0.25) is 0 Å². The Kier molecular flexibility index (Phi) is 5.45. The molecule has 0 fully saturated rings. The van der Waals surface area contributed by atoms with E-state index in [1.54, 1.807) is 6.08 Å². The Morgan fingerprint density at radius 1 is 1.56 bits per heavy atom. The summed E-state index contributed by atoms with van der Waals surface area (Å²) in [7, 11) is 0. The van der Waals surface area contributed by atoms with Crippen LogP contribution >= 0.6 is 45.2 Å². The molecular formula is C5H6I2N2. The topological polar surface area (TPSA) is 38.4 Å². The molecule has 0 unspecified atom stereocenters. The lowest BCUT2D eigenvalue weighted by Crippen LogP contribution is -1.81. The molecule has 0 aromatic heterocycles. The predicted octanol–water partition coefficient (Wildman–Crippen LogP) is 2.20. The molecule has 9 heavy (non-hydrogen) atoms. The van der Waals surface area contributed by atoms with Crippen LogP contribution in [0.5, 0.6) is 0 Å². The van der Waals surface area contributed by atoms with Gasteiger partial charge in [-0.1, -0.05) is 6.58 Å². The van der Waals surface area contributed by atoms with Crippen LogP contribution in [-0.4, -0.2) is 3.72 Å². The fourth-order valence-electron chi connectivity index (χ4n) is 0.185. The average Bonchev–Trinajstić information content (AvgIpc) is 1.87. The van der Waals surface area contributed by atoms with Gasteiger partial charge in [0.05, 0.1) is 0 Å². The first-order valence-electron chi connectivity index (χ1n) is 2.14. The van der Waals surface area contributed by atoms with Gasteiger partial charge in [0.25, 0.3) is 0 Å². The first kappa shape index (κ1) is 9.41. The molecule has 0 atom stereocenters. The summed E-state index contributed by atoms with van der Waals surface area (Å²) >= 11 is 4.11. The summed E-state index contributed by atoms with van der Waals surface area (Å²) in [4.78, 5) is 4.02. The Balaban J connectivity index is 4.11. The Morgan fingerprint density at radius 3 is 2.44 bits per heavy atom. The fraction of sp³-hybridized carbons (Fsp3) is 0. The Hall–Kier alpha value is 0.410. The van der Waals surface area contributed by atoms with Crippen molar-refractivity contribution in [1.29, 1.82) is 0 Å². The SMILES string of the molecule is C=CC(I)=N/C(I)=C\N. The van der Waals surface area contributed by atoms with Gasteiger partial charge in [-0.2, -0.15) is 0 Å². The van der Waals surface area contributed by atoms with Crippen LogP contribution in [0, 0.1) is 0 Å². The van der Waals surface area contributed by atoms with E-state index in [0.29, 0.717) is 0 Å². The molecule has 0 rings (SSSR count). The summed E-state index contributed by atoms with van der Waals surface area (Å²) < 4.78 is 1.62. The minimum Gasteiger partial charge on any atom is -0.402 e. The molecule has 0 spiro atoms. The molecule has 0 aliphatic heterocycles. The van der Waals surface area contributed by atoms with Gasteiger partial charge in [-0.25, -0.2) is 4.99 Å². The lowest BCUT2D eigenvalue weighted by Gasteiger charge is -1.86. The molecule has 0 aliphatic carbocycles. The minimum absolute atomic E-state index is 0.775. The average molecular weight is 348 g/mol. The van der Waals surface area contributed by atoms with Crippen molar-refractivity contribution in [2.75, 3.05) is 0 Å². The molecule has 0 saturated carbocycles. The maximum atomic E-state index is 5.16. The zero-order chi connectivity index (χ0) is 7.28. The van der Waals surface area contributed by atoms with Crippen LogP contribution in [0.2, 0.25) is 0 Å². The van der Waals surface area contributed by atoms with E-state index in [9.17, 15) is 0 Å². The Labute approximate surface area is 81.6 Å². The first-order chi connectivity index (χ1) is 4.20. The van der Waals surface area contributed by atoms with Gasteiger partial charge >= 0.3 is 0 Å². The number of rotatable bonds is 2. The van der Waals surface area contributed by atoms with Crippen molar-refractivity contribution in [2.45, 2.75) is 0 Å². The van der Waals surface area contributed by atoms with E-state index < -0.39 is 0 Å². The summed E-state index contributed by atoms with van der Waals surface area (Å²) in [5.41, 5.74) is 5.16. The molecule has 2 N–H and O–H groups in total. The lowest BCUT2D eigenvalue weighted by atomic mass is 10.7. The third-order valence-electron chi connectivity index (χ3n) is 0.520. The molecule has 0 aromatic rings. The zero-order valence-corrected chi connectivity index (χ0v) is 8.96. The van der Waals surface area contributed by atoms with Gasteiger partial charge < -0.3 is 5.73 Å². The first-order valence-corrected chi connectivity index (χ1v) is 4.30. The molecule has 2 nitrogen and oxygen atoms in total. The van der Waals surface area contributed by atoms with Crippen molar-refractivity contribution in [1.82, 2.24) is 0 Å². The molecule has 50 valence electrons. The largest absolute Gasteiger partial charge is 0.402 e. The minimum atomic E-state index is 0.775. The van der Waals surface area contributed by atoms with E-state index in [2.05, 4.69) is 34.2 Å². The molecule has 0 aliphatic rings. The van der Waals surface area contributed by atoms with Gasteiger partial charge in [0.15, 0.2) is 0 Å². The second-order valence-electron chi connectivity index (χ2n) is 1.13. The van der Waals surface area contributed by atoms with Crippen LogP contribution in [0.15, 0.2) is 27.6 Å². The number of allylic oxidation sites excluding steroid dienone is 1. The molecule has 4 heteroatoms. The summed E-state index contributed by atoms with van der Waals surface area (Å²) in [5, 5.41) is 0. The summed E-state index contributed by atoms with van der Waals surface area (Å²) in [6.07, 6.45) is 3.12. The fourth-order valence-corrected chi connectivity index (χ4v) is 1.17. The third-order valence-corrected chi connectivity index (χ3v) is 1.80. The number of halogens is 2. The highest BCUT2D eigenvalue weighted by Crippen LogP contribution is 2.07. The molecule has 0 aromatic carbocycles. The molecule has 0 bridgehead atoms. The van der Waals surface area contributed by atoms with Gasteiger partial charge in [0.2, 0.25) is 0 Å². The molecule has 0 amide bonds. The maximum Gasteiger partial charge on any atom is 0.117 e. The molecular weight excluding hydrogens is 342 g/mol. The third kappa shape index (κ3) is 4.89. The van der Waals surface area contributed by atoms with Crippen LogP contribution in [0.25, 0.3) is 0 Å². The number of hydrogen-bond donors (Lipinski definition) is 1. The highest BCUT2D eigenvalue weighted by molar-refractivity contribution is 14.1. The Morgan fingerprint density at radius 2 is 2.11 bits per heavy atom. The van der Waals surface area contributed by atoms with E-state index >= 15 is 0 Å². The second kappa shape index (κ2) is 5.21. The summed E-state index contributed by atoms with van der Waals surface area (Å²) in [6.45, 7) is 3.54. The quantitative estimate of drug-likeness (QED) is 0.464. The van der Waals surface area contributed by atoms with Gasteiger partial charge in [-0.05, 0) is 51.3 Å². The summed E-state index contributed by atoms with van der Waals surface area (Å²) in [6, 6.07) is 0. The van der Waals surface area contributed by atoms with Crippen LogP contribution in [0.3, 0.4) is 0 Å². The van der Waals surface area contributed by atoms with Gasteiger partial charge in [0, 0.05) is 6.20 Å². The predicted molar refractivity (Wildman–Crippen MR) is 57.9 cm³/mol. The highest BCUT2D eigenvalue weighted by Gasteiger charge is 1.84. The van der Waals surface area contributed by atoms with Crippen molar-refractivity contribution in [2.24, 2.45) is 10.7 Å². The van der Waals surface area contributed by atoms with Crippen molar-refractivity contribution in [3.63, 3.8) is 0 Å². The van der Waals surface area contributed by atoms with Crippen LogP contribution in [-0.2, 0) is 0 Å². The van der Waals surface area contributed by atoms with Crippen molar-refractivity contribution in [3.8, 4) is 0 Å². The van der Waals surface area contributed by atoms with E-state index in [4.69, 9.17) is 5.73 Å². The smallest absolute Gasteiger partial charge is 0.117 e. The van der Waals surface area contributed by atoms with E-state index in [1.807, 2.05) is 22.6 Å². The van der Waals surface area contributed by atoms with Gasteiger partial charge in [0.1, 0.15) is 7.42 Å². The second-order valence-corrected chi connectivity index (χ2v) is 3.34. The van der Waals surface area contributed by atoms with Crippen LogP contribution in [0.1, 0.15) is 0 Å². The summed E-state index contributed by atoms with van der Waals surface area (Å²) in [5.74, 6) is 0. The monoisotopic (exact) mass is 348 g/mol. The van der Waals surface area contributed by atoms with Crippen molar-refractivity contribution < 1.29 is 0 Å². The standard InChI is InChI=1S/C5H6I2N2/c1-2-4(6)9-5(7)3-8/h2-3H,1,8H2/b5-3-,9-4?. The number of nitrogens with two attached hydrogens (primary N) is 1. The number of hydrogen-bond acceptors (Lipinski definition) is 2. The highest BCUT2D eigenvalue weighted by atomic mass is 127. The lowest BCUT2D eigenvalue weighted by molar-refractivity contribution is 1.48. The van der Waals surface area contributed by atoms with E-state index in [-0.39, 0.29) is 0 Å². The Bertz CT molecular complexity index is 160. The normalized spacial score (nSPS) is 13.6. The van der Waals surface area contributed by atoms with Crippen LogP contribution in [0.4, 0.5) is 0 Å².